The highest BCUT2D eigenvalue weighted by molar-refractivity contribution is 5.90. The molecule has 2 heterocycles. The summed E-state index contributed by atoms with van der Waals surface area (Å²) < 4.78 is 13.5. The maximum atomic E-state index is 12.6. The Morgan fingerprint density at radius 1 is 1.07 bits per heavy atom. The molecule has 4 aromatic rings. The van der Waals surface area contributed by atoms with E-state index >= 15 is 0 Å². The molecule has 4 rings (SSSR count). The fourth-order valence-electron chi connectivity index (χ4n) is 2.84. The molecule has 0 atom stereocenters. The predicted octanol–water partition coefficient (Wildman–Crippen LogP) is 2.72. The Hall–Kier alpha value is -4.14. The molecule has 0 radical (unpaired) electrons. The van der Waals surface area contributed by atoms with Gasteiger partial charge in [0.15, 0.2) is 0 Å². The van der Waals surface area contributed by atoms with Gasteiger partial charge in [-0.1, -0.05) is 18.2 Å². The lowest BCUT2D eigenvalue weighted by molar-refractivity contribution is -0.117. The number of hydrogen-bond acceptors (Lipinski definition) is 6. The van der Waals surface area contributed by atoms with Crippen LogP contribution in [0.15, 0.2) is 71.8 Å². The number of ether oxygens (including phenoxy) is 2. The Morgan fingerprint density at radius 2 is 1.83 bits per heavy atom. The molecule has 0 saturated heterocycles. The van der Waals surface area contributed by atoms with E-state index in [1.54, 1.807) is 36.4 Å². The maximum absolute atomic E-state index is 12.6. The van der Waals surface area contributed by atoms with Crippen molar-refractivity contribution in [3.05, 3.63) is 77.5 Å². The van der Waals surface area contributed by atoms with Gasteiger partial charge in [0.1, 0.15) is 18.0 Å². The van der Waals surface area contributed by atoms with Gasteiger partial charge in [-0.2, -0.15) is 0 Å². The lowest BCUT2D eigenvalue weighted by Gasteiger charge is -2.06. The fourth-order valence-corrected chi connectivity index (χ4v) is 2.84. The maximum Gasteiger partial charge on any atom is 0.351 e. The van der Waals surface area contributed by atoms with Crippen LogP contribution in [0, 0.1) is 0 Å². The first kappa shape index (κ1) is 19.2. The second kappa shape index (κ2) is 8.48. The van der Waals surface area contributed by atoms with Crippen LogP contribution >= 0.6 is 0 Å². The highest BCUT2D eigenvalue weighted by atomic mass is 16.5. The first-order chi connectivity index (χ1) is 14.6. The first-order valence-electron chi connectivity index (χ1n) is 9.34. The molecule has 1 amide bonds. The second-order valence-corrected chi connectivity index (χ2v) is 6.29. The van der Waals surface area contributed by atoms with Crippen LogP contribution in [-0.4, -0.2) is 31.7 Å². The predicted molar refractivity (Wildman–Crippen MR) is 110 cm³/mol. The molecular formula is C21H19N5O4. The van der Waals surface area contributed by atoms with E-state index in [0.717, 1.165) is 4.68 Å². The number of carbonyl (C=O) groups is 1. The van der Waals surface area contributed by atoms with Crippen molar-refractivity contribution in [3.8, 4) is 17.4 Å². The van der Waals surface area contributed by atoms with Gasteiger partial charge < -0.3 is 14.8 Å². The molecular weight excluding hydrogens is 386 g/mol. The number of aromatic nitrogens is 4. The quantitative estimate of drug-likeness (QED) is 0.508. The summed E-state index contributed by atoms with van der Waals surface area (Å²) in [5.41, 5.74) is 0.349. The number of carbonyl (C=O) groups excluding carboxylic acids is 1. The highest BCUT2D eigenvalue weighted by Gasteiger charge is 2.15. The van der Waals surface area contributed by atoms with Crippen molar-refractivity contribution >= 4 is 17.2 Å². The number of hydrogen-bond donors (Lipinski definition) is 1. The number of anilines is 1. The standard InChI is InChI=1S/C21H19N5O4/c1-2-29-16-10-8-15(9-11-16)23-18(27)14-26-21(28)25-13-12-22-20(19(25)24-26)30-17-6-4-3-5-7-17/h3-13H,2,14H2,1H3,(H,23,27). The number of para-hydroxylation sites is 1. The molecule has 9 nitrogen and oxygen atoms in total. The lowest BCUT2D eigenvalue weighted by Crippen LogP contribution is -2.28. The van der Waals surface area contributed by atoms with Crippen molar-refractivity contribution in [2.24, 2.45) is 0 Å². The van der Waals surface area contributed by atoms with Crippen LogP contribution in [-0.2, 0) is 11.3 Å². The average molecular weight is 405 g/mol. The summed E-state index contributed by atoms with van der Waals surface area (Å²) in [6.07, 6.45) is 2.92. The van der Waals surface area contributed by atoms with Crippen LogP contribution in [0.5, 0.6) is 17.4 Å². The summed E-state index contributed by atoms with van der Waals surface area (Å²) in [4.78, 5) is 29.2. The molecule has 0 spiro atoms. The Morgan fingerprint density at radius 3 is 2.57 bits per heavy atom. The van der Waals surface area contributed by atoms with Gasteiger partial charge in [0, 0.05) is 18.1 Å². The largest absolute Gasteiger partial charge is 0.494 e. The van der Waals surface area contributed by atoms with Crippen LogP contribution in [0.1, 0.15) is 6.92 Å². The number of fused-ring (bicyclic) bond motifs is 1. The third-order valence-electron chi connectivity index (χ3n) is 4.17. The third-order valence-corrected chi connectivity index (χ3v) is 4.17. The van der Waals surface area contributed by atoms with Crippen molar-refractivity contribution in [2.45, 2.75) is 13.5 Å². The minimum atomic E-state index is -0.466. The van der Waals surface area contributed by atoms with Crippen molar-refractivity contribution in [3.63, 3.8) is 0 Å². The Kier molecular flexibility index (Phi) is 5.42. The first-order valence-corrected chi connectivity index (χ1v) is 9.34. The summed E-state index contributed by atoms with van der Waals surface area (Å²) in [6.45, 7) is 2.21. The smallest absolute Gasteiger partial charge is 0.351 e. The number of benzene rings is 2. The van der Waals surface area contributed by atoms with Crippen LogP contribution in [0.25, 0.3) is 5.65 Å². The van der Waals surface area contributed by atoms with Crippen LogP contribution in [0.4, 0.5) is 5.69 Å². The average Bonchev–Trinajstić information content (AvgIpc) is 3.07. The molecule has 0 fully saturated rings. The van der Waals surface area contributed by atoms with E-state index in [1.165, 1.54) is 16.8 Å². The van der Waals surface area contributed by atoms with Crippen molar-refractivity contribution < 1.29 is 14.3 Å². The van der Waals surface area contributed by atoms with Gasteiger partial charge in [0.05, 0.1) is 6.61 Å². The lowest BCUT2D eigenvalue weighted by atomic mass is 10.3. The van der Waals surface area contributed by atoms with Crippen LogP contribution in [0.3, 0.4) is 0 Å². The Balaban J connectivity index is 1.52. The molecule has 0 aliphatic rings. The van der Waals surface area contributed by atoms with E-state index in [-0.39, 0.29) is 24.0 Å². The summed E-state index contributed by atoms with van der Waals surface area (Å²) in [5, 5.41) is 6.96. The number of nitrogens with zero attached hydrogens (tertiary/aromatic N) is 4. The van der Waals surface area contributed by atoms with E-state index < -0.39 is 5.69 Å². The van der Waals surface area contributed by atoms with Gasteiger partial charge in [-0.25, -0.2) is 18.9 Å². The van der Waals surface area contributed by atoms with E-state index in [1.807, 2.05) is 25.1 Å². The monoisotopic (exact) mass is 405 g/mol. The molecule has 152 valence electrons. The van der Waals surface area contributed by atoms with Gasteiger partial charge in [0.2, 0.25) is 11.6 Å². The van der Waals surface area contributed by atoms with E-state index in [0.29, 0.717) is 23.8 Å². The van der Waals surface area contributed by atoms with Gasteiger partial charge in [0.25, 0.3) is 5.88 Å². The Bertz CT molecular complexity index is 1220. The van der Waals surface area contributed by atoms with Gasteiger partial charge >= 0.3 is 5.69 Å². The molecule has 30 heavy (non-hydrogen) atoms. The molecule has 0 aliphatic heterocycles. The summed E-state index contributed by atoms with van der Waals surface area (Å²) >= 11 is 0. The zero-order valence-electron chi connectivity index (χ0n) is 16.2. The Labute approximate surface area is 171 Å². The molecule has 2 aromatic heterocycles. The van der Waals surface area contributed by atoms with Crippen molar-refractivity contribution in [2.75, 3.05) is 11.9 Å². The van der Waals surface area contributed by atoms with Gasteiger partial charge in [-0.05, 0) is 43.3 Å². The summed E-state index contributed by atoms with van der Waals surface area (Å²) in [5.74, 6) is 1.06. The number of amides is 1. The van der Waals surface area contributed by atoms with Crippen molar-refractivity contribution in [1.29, 1.82) is 0 Å². The number of rotatable bonds is 7. The summed E-state index contributed by atoms with van der Waals surface area (Å²) in [7, 11) is 0. The molecule has 9 heteroatoms. The highest BCUT2D eigenvalue weighted by Crippen LogP contribution is 2.21. The zero-order valence-corrected chi connectivity index (χ0v) is 16.2. The van der Waals surface area contributed by atoms with Gasteiger partial charge in [-0.15, -0.1) is 5.10 Å². The van der Waals surface area contributed by atoms with Crippen LogP contribution in [0.2, 0.25) is 0 Å². The van der Waals surface area contributed by atoms with Crippen molar-refractivity contribution in [1.82, 2.24) is 19.2 Å². The normalized spacial score (nSPS) is 10.7. The molecule has 0 aliphatic carbocycles. The fraction of sp³-hybridized carbons (Fsp3) is 0.143. The SMILES string of the molecule is CCOc1ccc(NC(=O)Cn2nc3c(Oc4ccccc4)nccn3c2=O)cc1. The molecule has 0 unspecified atom stereocenters. The minimum absolute atomic E-state index is 0.173. The minimum Gasteiger partial charge on any atom is -0.494 e. The second-order valence-electron chi connectivity index (χ2n) is 6.29. The zero-order chi connectivity index (χ0) is 20.9. The molecule has 0 bridgehead atoms. The van der Waals surface area contributed by atoms with E-state index in [2.05, 4.69) is 15.4 Å². The topological polar surface area (TPSA) is 99.8 Å². The summed E-state index contributed by atoms with van der Waals surface area (Å²) in [6, 6.07) is 16.0. The molecule has 0 saturated carbocycles. The van der Waals surface area contributed by atoms with Crippen LogP contribution < -0.4 is 20.5 Å². The van der Waals surface area contributed by atoms with E-state index in [4.69, 9.17) is 9.47 Å². The molecule has 2 aromatic carbocycles. The van der Waals surface area contributed by atoms with Gasteiger partial charge in [-0.3, -0.25) is 4.79 Å². The van der Waals surface area contributed by atoms with E-state index in [9.17, 15) is 9.59 Å². The third kappa shape index (κ3) is 4.14. The number of nitrogens with one attached hydrogen (secondary N) is 1. The molecule has 1 N–H and O–H groups in total.